The normalized spacial score (nSPS) is 16.1. The van der Waals surface area contributed by atoms with Crippen LogP contribution in [0.1, 0.15) is 31.2 Å². The Balaban J connectivity index is 2.08. The highest BCUT2D eigenvalue weighted by molar-refractivity contribution is 9.10. The van der Waals surface area contributed by atoms with Crippen LogP contribution in [-0.2, 0) is 4.79 Å². The van der Waals surface area contributed by atoms with Crippen molar-refractivity contribution in [1.29, 1.82) is 5.26 Å². The van der Waals surface area contributed by atoms with Crippen molar-refractivity contribution in [3.8, 4) is 6.07 Å². The number of amides is 1. The number of carbonyl (C=O) groups is 1. The van der Waals surface area contributed by atoms with Crippen LogP contribution in [0.15, 0.2) is 34.3 Å². The molecule has 3 nitrogen and oxygen atoms in total. The second-order valence-corrected chi connectivity index (χ2v) is 5.59. The Hall–Kier alpha value is -1.60. The second-order valence-electron chi connectivity index (χ2n) is 4.68. The minimum absolute atomic E-state index is 0.161. The van der Waals surface area contributed by atoms with E-state index in [0.29, 0.717) is 0 Å². The Bertz CT molecular complexity index is 522. The largest absolute Gasteiger partial charge is 0.349 e. The van der Waals surface area contributed by atoms with Crippen molar-refractivity contribution in [2.45, 2.75) is 31.7 Å². The third-order valence-corrected chi connectivity index (χ3v) is 3.77. The van der Waals surface area contributed by atoms with E-state index < -0.39 is 0 Å². The van der Waals surface area contributed by atoms with Crippen LogP contribution in [0.5, 0.6) is 0 Å². The quantitative estimate of drug-likeness (QED) is 0.685. The molecule has 19 heavy (non-hydrogen) atoms. The van der Waals surface area contributed by atoms with Crippen molar-refractivity contribution >= 4 is 27.9 Å². The van der Waals surface area contributed by atoms with E-state index >= 15 is 0 Å². The van der Waals surface area contributed by atoms with Gasteiger partial charge in [-0.25, -0.2) is 0 Å². The highest BCUT2D eigenvalue weighted by Gasteiger charge is 2.19. The maximum absolute atomic E-state index is 12.0. The molecule has 1 fully saturated rings. The first kappa shape index (κ1) is 13.8. The number of hydrogen-bond donors (Lipinski definition) is 1. The number of halogens is 1. The van der Waals surface area contributed by atoms with E-state index in [1.807, 2.05) is 30.3 Å². The molecule has 4 heteroatoms. The molecule has 0 unspecified atom stereocenters. The van der Waals surface area contributed by atoms with E-state index in [9.17, 15) is 4.79 Å². The Kier molecular flexibility index (Phi) is 4.75. The van der Waals surface area contributed by atoms with Crippen LogP contribution in [0, 0.1) is 11.3 Å². The van der Waals surface area contributed by atoms with Gasteiger partial charge in [-0.3, -0.25) is 4.79 Å². The van der Waals surface area contributed by atoms with Gasteiger partial charge in [0.05, 0.1) is 0 Å². The SMILES string of the molecule is N#C/C(=C\c1ccc(Br)cc1)C(=O)NC1CCCC1. The first-order valence-electron chi connectivity index (χ1n) is 6.37. The van der Waals surface area contributed by atoms with Gasteiger partial charge in [0.1, 0.15) is 11.6 Å². The molecule has 1 aromatic rings. The van der Waals surface area contributed by atoms with Crippen LogP contribution in [-0.4, -0.2) is 11.9 Å². The summed E-state index contributed by atoms with van der Waals surface area (Å²) < 4.78 is 0.971. The number of hydrogen-bond acceptors (Lipinski definition) is 2. The van der Waals surface area contributed by atoms with Gasteiger partial charge in [0.15, 0.2) is 0 Å². The van der Waals surface area contributed by atoms with E-state index in [2.05, 4.69) is 21.2 Å². The molecule has 0 bridgehead atoms. The minimum atomic E-state index is -0.266. The minimum Gasteiger partial charge on any atom is -0.349 e. The molecule has 1 N–H and O–H groups in total. The summed E-state index contributed by atoms with van der Waals surface area (Å²) in [4.78, 5) is 12.0. The van der Waals surface area contributed by atoms with Gasteiger partial charge in [-0.05, 0) is 36.6 Å². The zero-order chi connectivity index (χ0) is 13.7. The van der Waals surface area contributed by atoms with Gasteiger partial charge >= 0.3 is 0 Å². The Morgan fingerprint density at radius 2 is 1.95 bits per heavy atom. The molecule has 0 spiro atoms. The van der Waals surface area contributed by atoms with Gasteiger partial charge < -0.3 is 5.32 Å². The summed E-state index contributed by atoms with van der Waals surface area (Å²) in [6.45, 7) is 0. The fourth-order valence-corrected chi connectivity index (χ4v) is 2.47. The van der Waals surface area contributed by atoms with Crippen LogP contribution in [0.3, 0.4) is 0 Å². The molecular formula is C15H15BrN2O. The first-order valence-corrected chi connectivity index (χ1v) is 7.16. The lowest BCUT2D eigenvalue weighted by Gasteiger charge is -2.10. The van der Waals surface area contributed by atoms with Crippen molar-refractivity contribution in [2.75, 3.05) is 0 Å². The third kappa shape index (κ3) is 3.93. The highest BCUT2D eigenvalue weighted by Crippen LogP contribution is 2.18. The van der Waals surface area contributed by atoms with Crippen LogP contribution >= 0.6 is 15.9 Å². The average Bonchev–Trinajstić information content (AvgIpc) is 2.90. The summed E-state index contributed by atoms with van der Waals surface area (Å²) in [5.74, 6) is -0.266. The number of nitriles is 1. The summed E-state index contributed by atoms with van der Waals surface area (Å²) in [5.41, 5.74) is 1.01. The lowest BCUT2D eigenvalue weighted by atomic mass is 10.1. The molecular weight excluding hydrogens is 304 g/mol. The smallest absolute Gasteiger partial charge is 0.262 e. The molecule has 1 aliphatic carbocycles. The molecule has 0 radical (unpaired) electrons. The van der Waals surface area contributed by atoms with Crippen molar-refractivity contribution < 1.29 is 4.79 Å². The second kappa shape index (κ2) is 6.53. The van der Waals surface area contributed by atoms with E-state index in [4.69, 9.17) is 5.26 Å². The van der Waals surface area contributed by atoms with Crippen molar-refractivity contribution in [2.24, 2.45) is 0 Å². The highest BCUT2D eigenvalue weighted by atomic mass is 79.9. The molecule has 1 saturated carbocycles. The molecule has 0 atom stereocenters. The monoisotopic (exact) mass is 318 g/mol. The molecule has 2 rings (SSSR count). The number of carbonyl (C=O) groups excluding carboxylic acids is 1. The van der Waals surface area contributed by atoms with Gasteiger partial charge in [0.25, 0.3) is 5.91 Å². The standard InChI is InChI=1S/C15H15BrN2O/c16-13-7-5-11(6-8-13)9-12(10-17)15(19)18-14-3-1-2-4-14/h5-9,14H,1-4H2,(H,18,19)/b12-9+. The van der Waals surface area contributed by atoms with Crippen LogP contribution in [0.25, 0.3) is 6.08 Å². The average molecular weight is 319 g/mol. The fraction of sp³-hybridized carbons (Fsp3) is 0.333. The van der Waals surface area contributed by atoms with Crippen LogP contribution < -0.4 is 5.32 Å². The Morgan fingerprint density at radius 3 is 2.53 bits per heavy atom. The molecule has 0 saturated heterocycles. The van der Waals surface area contributed by atoms with E-state index in [-0.39, 0.29) is 17.5 Å². The Morgan fingerprint density at radius 1 is 1.32 bits per heavy atom. The maximum Gasteiger partial charge on any atom is 0.262 e. The molecule has 1 aromatic carbocycles. The lowest BCUT2D eigenvalue weighted by Crippen LogP contribution is -2.33. The number of benzene rings is 1. The summed E-state index contributed by atoms with van der Waals surface area (Å²) in [6.07, 6.45) is 5.97. The molecule has 0 aliphatic heterocycles. The van der Waals surface area contributed by atoms with Crippen molar-refractivity contribution in [3.05, 3.63) is 39.9 Å². The van der Waals surface area contributed by atoms with Gasteiger partial charge in [0.2, 0.25) is 0 Å². The summed E-state index contributed by atoms with van der Waals surface area (Å²) >= 11 is 3.35. The molecule has 1 amide bonds. The van der Waals surface area contributed by atoms with Gasteiger partial charge in [0, 0.05) is 10.5 Å². The number of rotatable bonds is 3. The van der Waals surface area contributed by atoms with E-state index in [1.165, 1.54) is 0 Å². The van der Waals surface area contributed by atoms with Gasteiger partial charge in [-0.15, -0.1) is 0 Å². The van der Waals surface area contributed by atoms with E-state index in [0.717, 1.165) is 35.7 Å². The van der Waals surface area contributed by atoms with Crippen LogP contribution in [0.4, 0.5) is 0 Å². The van der Waals surface area contributed by atoms with Gasteiger partial charge in [-0.2, -0.15) is 5.26 Å². The summed E-state index contributed by atoms with van der Waals surface area (Å²) in [6, 6.07) is 9.71. The predicted octanol–water partition coefficient (Wildman–Crippen LogP) is 3.41. The summed E-state index contributed by atoms with van der Waals surface area (Å²) in [5, 5.41) is 12.0. The maximum atomic E-state index is 12.0. The summed E-state index contributed by atoms with van der Waals surface area (Å²) in [7, 11) is 0. The first-order chi connectivity index (χ1) is 9.19. The van der Waals surface area contributed by atoms with E-state index in [1.54, 1.807) is 6.08 Å². The lowest BCUT2D eigenvalue weighted by molar-refractivity contribution is -0.117. The number of nitrogens with one attached hydrogen (secondary N) is 1. The van der Waals surface area contributed by atoms with Gasteiger partial charge in [-0.1, -0.05) is 40.9 Å². The van der Waals surface area contributed by atoms with Crippen molar-refractivity contribution in [3.63, 3.8) is 0 Å². The predicted molar refractivity (Wildman–Crippen MR) is 78.1 cm³/mol. The zero-order valence-electron chi connectivity index (χ0n) is 10.5. The number of nitrogens with zero attached hydrogens (tertiary/aromatic N) is 1. The molecule has 1 aliphatic rings. The molecule has 0 heterocycles. The topological polar surface area (TPSA) is 52.9 Å². The Labute approximate surface area is 121 Å². The third-order valence-electron chi connectivity index (χ3n) is 3.24. The molecule has 98 valence electrons. The fourth-order valence-electron chi connectivity index (χ4n) is 2.21. The van der Waals surface area contributed by atoms with Crippen molar-refractivity contribution in [1.82, 2.24) is 5.32 Å². The molecule has 0 aromatic heterocycles. The van der Waals surface area contributed by atoms with Crippen LogP contribution in [0.2, 0.25) is 0 Å². The zero-order valence-corrected chi connectivity index (χ0v) is 12.1.